The molecule has 0 saturated heterocycles. The van der Waals surface area contributed by atoms with Crippen LogP contribution in [0, 0.1) is 10.1 Å². The lowest BCUT2D eigenvalue weighted by Gasteiger charge is -2.13. The molecule has 0 unspecified atom stereocenters. The summed E-state index contributed by atoms with van der Waals surface area (Å²) in [6.07, 6.45) is 0. The van der Waals surface area contributed by atoms with Crippen LogP contribution in [-0.4, -0.2) is 34.5 Å². The minimum atomic E-state index is -3.67. The van der Waals surface area contributed by atoms with E-state index in [1.165, 1.54) is 19.2 Å². The molecular weight excluding hydrogens is 246 g/mol. The standard InChI is InChI=1S/C9H13N3O4S/c1-10-17(15,16)7-4-5-8(11(2)3)9(6-7)12(13)14/h4-6,10H,1-3H3. The zero-order valence-corrected chi connectivity index (χ0v) is 10.5. The predicted molar refractivity (Wildman–Crippen MR) is 63.7 cm³/mol. The summed E-state index contributed by atoms with van der Waals surface area (Å²) in [6, 6.07) is 3.78. The van der Waals surface area contributed by atoms with E-state index in [1.54, 1.807) is 19.0 Å². The SMILES string of the molecule is CNS(=O)(=O)c1ccc(N(C)C)c([N+](=O)[O-])c1. The lowest BCUT2D eigenvalue weighted by molar-refractivity contribution is -0.384. The molecule has 0 aliphatic heterocycles. The van der Waals surface area contributed by atoms with Gasteiger partial charge >= 0.3 is 0 Å². The summed E-state index contributed by atoms with van der Waals surface area (Å²) in [4.78, 5) is 11.7. The number of sulfonamides is 1. The van der Waals surface area contributed by atoms with Crippen molar-refractivity contribution in [1.82, 2.24) is 4.72 Å². The molecule has 0 saturated carbocycles. The van der Waals surface area contributed by atoms with Gasteiger partial charge in [0.2, 0.25) is 10.0 Å². The van der Waals surface area contributed by atoms with E-state index in [0.717, 1.165) is 6.07 Å². The van der Waals surface area contributed by atoms with Gasteiger partial charge in [-0.25, -0.2) is 13.1 Å². The van der Waals surface area contributed by atoms with Crippen molar-refractivity contribution in [2.24, 2.45) is 0 Å². The average molecular weight is 259 g/mol. The van der Waals surface area contributed by atoms with Crippen molar-refractivity contribution in [3.8, 4) is 0 Å². The van der Waals surface area contributed by atoms with Crippen molar-refractivity contribution in [3.05, 3.63) is 28.3 Å². The maximum absolute atomic E-state index is 11.5. The Morgan fingerprint density at radius 2 is 1.94 bits per heavy atom. The van der Waals surface area contributed by atoms with E-state index in [9.17, 15) is 18.5 Å². The summed E-state index contributed by atoms with van der Waals surface area (Å²) in [7, 11) is 0.876. The summed E-state index contributed by atoms with van der Waals surface area (Å²) in [6.45, 7) is 0. The Bertz CT molecular complexity index is 539. The molecule has 94 valence electrons. The number of nitro benzene ring substituents is 1. The molecule has 8 heteroatoms. The molecule has 0 bridgehead atoms. The zero-order chi connectivity index (χ0) is 13.2. The first-order valence-corrected chi connectivity index (χ1v) is 6.17. The summed E-state index contributed by atoms with van der Waals surface area (Å²) in [5.41, 5.74) is 0.108. The van der Waals surface area contributed by atoms with Crippen LogP contribution in [0.5, 0.6) is 0 Å². The number of anilines is 1. The largest absolute Gasteiger partial charge is 0.372 e. The molecule has 1 rings (SSSR count). The Labute approximate surface area is 99.2 Å². The molecule has 0 spiro atoms. The number of benzene rings is 1. The van der Waals surface area contributed by atoms with Crippen molar-refractivity contribution in [2.75, 3.05) is 26.0 Å². The monoisotopic (exact) mass is 259 g/mol. The van der Waals surface area contributed by atoms with E-state index in [4.69, 9.17) is 0 Å². The van der Waals surface area contributed by atoms with Crippen LogP contribution >= 0.6 is 0 Å². The highest BCUT2D eigenvalue weighted by Crippen LogP contribution is 2.29. The third-order valence-corrected chi connectivity index (χ3v) is 3.62. The van der Waals surface area contributed by atoms with Crippen molar-refractivity contribution < 1.29 is 13.3 Å². The Hall–Kier alpha value is -1.67. The number of hydrogen-bond donors (Lipinski definition) is 1. The molecule has 0 atom stereocenters. The lowest BCUT2D eigenvalue weighted by atomic mass is 10.2. The van der Waals surface area contributed by atoms with Crippen LogP contribution in [-0.2, 0) is 10.0 Å². The van der Waals surface area contributed by atoms with E-state index < -0.39 is 14.9 Å². The first-order valence-electron chi connectivity index (χ1n) is 4.69. The van der Waals surface area contributed by atoms with Crippen LogP contribution in [0.1, 0.15) is 0 Å². The fourth-order valence-corrected chi connectivity index (χ4v) is 2.06. The first-order chi connectivity index (χ1) is 7.79. The highest BCUT2D eigenvalue weighted by molar-refractivity contribution is 7.89. The minimum absolute atomic E-state index is 0.127. The van der Waals surface area contributed by atoms with Gasteiger partial charge in [0, 0.05) is 20.2 Å². The third kappa shape index (κ3) is 2.71. The van der Waals surface area contributed by atoms with Crippen molar-refractivity contribution in [1.29, 1.82) is 0 Å². The summed E-state index contributed by atoms with van der Waals surface area (Å²) < 4.78 is 25.1. The van der Waals surface area contributed by atoms with Crippen molar-refractivity contribution in [2.45, 2.75) is 4.90 Å². The smallest absolute Gasteiger partial charge is 0.293 e. The second kappa shape index (κ2) is 4.68. The van der Waals surface area contributed by atoms with Gasteiger partial charge in [0.25, 0.3) is 5.69 Å². The third-order valence-electron chi connectivity index (χ3n) is 2.20. The maximum Gasteiger partial charge on any atom is 0.293 e. The van der Waals surface area contributed by atoms with Crippen LogP contribution in [0.4, 0.5) is 11.4 Å². The fraction of sp³-hybridized carbons (Fsp3) is 0.333. The quantitative estimate of drug-likeness (QED) is 0.630. The van der Waals surface area contributed by atoms with Gasteiger partial charge in [-0.3, -0.25) is 10.1 Å². The second-order valence-corrected chi connectivity index (χ2v) is 5.40. The van der Waals surface area contributed by atoms with E-state index in [2.05, 4.69) is 4.72 Å². The molecule has 0 aliphatic rings. The number of rotatable bonds is 4. The molecule has 17 heavy (non-hydrogen) atoms. The molecule has 7 nitrogen and oxygen atoms in total. The van der Waals surface area contributed by atoms with Crippen molar-refractivity contribution >= 4 is 21.4 Å². The maximum atomic E-state index is 11.5. The lowest BCUT2D eigenvalue weighted by Crippen LogP contribution is -2.19. The second-order valence-electron chi connectivity index (χ2n) is 3.51. The van der Waals surface area contributed by atoms with Gasteiger partial charge in [0.05, 0.1) is 9.82 Å². The number of nitrogens with one attached hydrogen (secondary N) is 1. The molecule has 0 amide bonds. The summed E-state index contributed by atoms with van der Waals surface area (Å²) >= 11 is 0. The predicted octanol–water partition coefficient (Wildman–Crippen LogP) is 0.569. The molecule has 0 heterocycles. The topological polar surface area (TPSA) is 92.6 Å². The van der Waals surface area contributed by atoms with Crippen LogP contribution in [0.15, 0.2) is 23.1 Å². The van der Waals surface area contributed by atoms with Gasteiger partial charge in [-0.15, -0.1) is 0 Å². The molecule has 0 fully saturated rings. The number of nitrogens with zero attached hydrogens (tertiary/aromatic N) is 2. The summed E-state index contributed by atoms with van der Waals surface area (Å²) in [5, 5.41) is 10.9. The molecule has 0 aromatic heterocycles. The highest BCUT2D eigenvalue weighted by Gasteiger charge is 2.21. The Kier molecular flexibility index (Phi) is 3.69. The van der Waals surface area contributed by atoms with Crippen molar-refractivity contribution in [3.63, 3.8) is 0 Å². The molecule has 1 aromatic carbocycles. The van der Waals surface area contributed by atoms with Gasteiger partial charge in [-0.05, 0) is 19.2 Å². The van der Waals surface area contributed by atoms with Gasteiger partial charge in [0.15, 0.2) is 0 Å². The molecule has 1 N–H and O–H groups in total. The molecule has 0 radical (unpaired) electrons. The first kappa shape index (κ1) is 13.4. The van der Waals surface area contributed by atoms with Gasteiger partial charge in [-0.2, -0.15) is 0 Å². The van der Waals surface area contributed by atoms with E-state index in [0.29, 0.717) is 5.69 Å². The zero-order valence-electron chi connectivity index (χ0n) is 9.67. The van der Waals surface area contributed by atoms with E-state index in [1.807, 2.05) is 0 Å². The average Bonchev–Trinajstić information content (AvgIpc) is 2.28. The Morgan fingerprint density at radius 3 is 2.35 bits per heavy atom. The normalized spacial score (nSPS) is 11.2. The fourth-order valence-electron chi connectivity index (χ4n) is 1.31. The summed E-state index contributed by atoms with van der Waals surface area (Å²) in [5.74, 6) is 0. The minimum Gasteiger partial charge on any atom is -0.372 e. The highest BCUT2D eigenvalue weighted by atomic mass is 32.2. The van der Waals surface area contributed by atoms with Gasteiger partial charge < -0.3 is 4.90 Å². The van der Waals surface area contributed by atoms with Crippen LogP contribution in [0.3, 0.4) is 0 Å². The molecule has 1 aromatic rings. The van der Waals surface area contributed by atoms with E-state index in [-0.39, 0.29) is 10.6 Å². The number of nitro groups is 1. The van der Waals surface area contributed by atoms with Crippen LogP contribution < -0.4 is 9.62 Å². The molecule has 0 aliphatic carbocycles. The molecular formula is C9H13N3O4S. The Balaban J connectivity index is 3.44. The number of hydrogen-bond acceptors (Lipinski definition) is 5. The van der Waals surface area contributed by atoms with E-state index >= 15 is 0 Å². The van der Waals surface area contributed by atoms with Crippen LogP contribution in [0.25, 0.3) is 0 Å². The van der Waals surface area contributed by atoms with Gasteiger partial charge in [-0.1, -0.05) is 0 Å². The Morgan fingerprint density at radius 1 is 1.35 bits per heavy atom. The van der Waals surface area contributed by atoms with Gasteiger partial charge in [0.1, 0.15) is 5.69 Å². The van der Waals surface area contributed by atoms with Crippen LogP contribution in [0.2, 0.25) is 0 Å².